The summed E-state index contributed by atoms with van der Waals surface area (Å²) < 4.78 is 13.5. The Morgan fingerprint density at radius 1 is 1.00 bits per heavy atom. The number of nitrogens with one attached hydrogen (secondary N) is 1. The highest BCUT2D eigenvalue weighted by atomic mass is 79.9. The van der Waals surface area contributed by atoms with Crippen LogP contribution in [0.2, 0.25) is 0 Å². The Balaban J connectivity index is 1.88. The molecule has 0 aliphatic rings. The fourth-order valence-corrected chi connectivity index (χ4v) is 2.04. The van der Waals surface area contributed by atoms with E-state index in [9.17, 15) is 4.39 Å². The van der Waals surface area contributed by atoms with Gasteiger partial charge in [0.2, 0.25) is 0 Å². The number of halogens is 2. The number of hydrogen-bond acceptors (Lipinski definition) is 2. The predicted octanol–water partition coefficient (Wildman–Crippen LogP) is 3.58. The molecule has 0 saturated heterocycles. The van der Waals surface area contributed by atoms with Crippen LogP contribution in [0, 0.1) is 5.82 Å². The summed E-state index contributed by atoms with van der Waals surface area (Å²) >= 11 is 3.16. The number of rotatable bonds is 4. The molecule has 0 fully saturated rings. The third kappa shape index (κ3) is 3.55. The van der Waals surface area contributed by atoms with E-state index in [1.807, 2.05) is 12.1 Å². The Morgan fingerprint density at radius 2 is 1.61 bits per heavy atom. The smallest absolute Gasteiger partial charge is 0.137 e. The minimum Gasteiger partial charge on any atom is -0.508 e. The molecule has 94 valence electrons. The molecule has 0 heterocycles. The fraction of sp³-hybridized carbons (Fsp3) is 0.143. The lowest BCUT2D eigenvalue weighted by atomic mass is 10.2. The summed E-state index contributed by atoms with van der Waals surface area (Å²) in [6, 6.07) is 12.0. The lowest BCUT2D eigenvalue weighted by molar-refractivity contribution is 0.475. The molecule has 0 radical (unpaired) electrons. The van der Waals surface area contributed by atoms with Gasteiger partial charge in [0.1, 0.15) is 11.6 Å². The van der Waals surface area contributed by atoms with Crippen molar-refractivity contribution in [2.24, 2.45) is 0 Å². The molecule has 0 atom stereocenters. The first kappa shape index (κ1) is 13.1. The van der Waals surface area contributed by atoms with Crippen LogP contribution in [0.5, 0.6) is 5.75 Å². The fourth-order valence-electron chi connectivity index (χ4n) is 1.61. The van der Waals surface area contributed by atoms with Gasteiger partial charge >= 0.3 is 0 Å². The topological polar surface area (TPSA) is 32.3 Å². The average Bonchev–Trinajstić information content (AvgIpc) is 2.36. The molecule has 0 aliphatic carbocycles. The van der Waals surface area contributed by atoms with E-state index >= 15 is 0 Å². The van der Waals surface area contributed by atoms with Gasteiger partial charge in [-0.3, -0.25) is 0 Å². The highest BCUT2D eigenvalue weighted by molar-refractivity contribution is 9.10. The molecule has 2 rings (SSSR count). The monoisotopic (exact) mass is 309 g/mol. The molecule has 2 aromatic carbocycles. The molecule has 4 heteroatoms. The molecule has 2 aromatic rings. The van der Waals surface area contributed by atoms with Crippen LogP contribution in [0.15, 0.2) is 46.9 Å². The molecule has 0 spiro atoms. The highest BCUT2D eigenvalue weighted by Crippen LogP contribution is 2.16. The Hall–Kier alpha value is -1.39. The first-order chi connectivity index (χ1) is 8.65. The maximum atomic E-state index is 13.0. The van der Waals surface area contributed by atoms with Gasteiger partial charge in [0, 0.05) is 13.1 Å². The summed E-state index contributed by atoms with van der Waals surface area (Å²) in [4.78, 5) is 0. The zero-order chi connectivity index (χ0) is 13.0. The lowest BCUT2D eigenvalue weighted by Crippen LogP contribution is -2.12. The molecule has 2 nitrogen and oxygen atoms in total. The van der Waals surface area contributed by atoms with Crippen molar-refractivity contribution in [1.82, 2.24) is 5.32 Å². The van der Waals surface area contributed by atoms with E-state index in [-0.39, 0.29) is 11.6 Å². The van der Waals surface area contributed by atoms with Crippen molar-refractivity contribution in [3.63, 3.8) is 0 Å². The molecule has 0 unspecified atom stereocenters. The summed E-state index contributed by atoms with van der Waals surface area (Å²) in [5.74, 6) is 0.0125. The first-order valence-electron chi connectivity index (χ1n) is 5.58. The molecule has 0 aromatic heterocycles. The Morgan fingerprint density at radius 3 is 2.28 bits per heavy atom. The zero-order valence-corrected chi connectivity index (χ0v) is 11.2. The molecule has 0 aliphatic heterocycles. The van der Waals surface area contributed by atoms with E-state index in [2.05, 4.69) is 21.2 Å². The van der Waals surface area contributed by atoms with Gasteiger partial charge < -0.3 is 10.4 Å². The summed E-state index contributed by atoms with van der Waals surface area (Å²) in [5.41, 5.74) is 2.11. The van der Waals surface area contributed by atoms with Crippen LogP contribution in [0.25, 0.3) is 0 Å². The molecular weight excluding hydrogens is 297 g/mol. The molecule has 0 bridgehead atoms. The van der Waals surface area contributed by atoms with Gasteiger partial charge in [-0.05, 0) is 51.3 Å². The van der Waals surface area contributed by atoms with Gasteiger partial charge in [-0.2, -0.15) is 0 Å². The van der Waals surface area contributed by atoms with Crippen molar-refractivity contribution in [1.29, 1.82) is 0 Å². The second-order valence-electron chi connectivity index (χ2n) is 4.02. The van der Waals surface area contributed by atoms with E-state index in [0.29, 0.717) is 17.6 Å². The van der Waals surface area contributed by atoms with Crippen molar-refractivity contribution in [2.45, 2.75) is 13.1 Å². The van der Waals surface area contributed by atoms with Crippen LogP contribution in [-0.2, 0) is 13.1 Å². The number of hydrogen-bond donors (Lipinski definition) is 2. The predicted molar refractivity (Wildman–Crippen MR) is 72.8 cm³/mol. The van der Waals surface area contributed by atoms with Gasteiger partial charge in [-0.25, -0.2) is 4.39 Å². The maximum Gasteiger partial charge on any atom is 0.137 e. The Kier molecular flexibility index (Phi) is 4.33. The van der Waals surface area contributed by atoms with Crippen molar-refractivity contribution in [2.75, 3.05) is 0 Å². The van der Waals surface area contributed by atoms with E-state index < -0.39 is 0 Å². The molecule has 18 heavy (non-hydrogen) atoms. The third-order valence-electron chi connectivity index (χ3n) is 2.58. The van der Waals surface area contributed by atoms with Gasteiger partial charge in [-0.15, -0.1) is 0 Å². The number of aromatic hydroxyl groups is 1. The quantitative estimate of drug-likeness (QED) is 0.904. The first-order valence-corrected chi connectivity index (χ1v) is 6.37. The third-order valence-corrected chi connectivity index (χ3v) is 3.19. The average molecular weight is 310 g/mol. The second kappa shape index (κ2) is 5.98. The van der Waals surface area contributed by atoms with Crippen LogP contribution in [0.4, 0.5) is 4.39 Å². The van der Waals surface area contributed by atoms with Crippen LogP contribution in [0.3, 0.4) is 0 Å². The molecule has 0 saturated carbocycles. The van der Waals surface area contributed by atoms with Gasteiger partial charge in [-0.1, -0.05) is 18.2 Å². The number of phenols is 1. The van der Waals surface area contributed by atoms with Crippen molar-refractivity contribution < 1.29 is 9.50 Å². The van der Waals surface area contributed by atoms with Crippen molar-refractivity contribution in [3.05, 3.63) is 63.9 Å². The summed E-state index contributed by atoms with van der Waals surface area (Å²) in [6.07, 6.45) is 0. The molecular formula is C14H13BrFNO. The SMILES string of the molecule is Oc1ccc(CNCc2ccc(F)c(Br)c2)cc1. The van der Waals surface area contributed by atoms with Gasteiger partial charge in [0.05, 0.1) is 4.47 Å². The van der Waals surface area contributed by atoms with Gasteiger partial charge in [0.15, 0.2) is 0 Å². The summed E-state index contributed by atoms with van der Waals surface area (Å²) in [6.45, 7) is 1.37. The largest absolute Gasteiger partial charge is 0.508 e. The number of benzene rings is 2. The van der Waals surface area contributed by atoms with Crippen LogP contribution < -0.4 is 5.32 Å². The van der Waals surface area contributed by atoms with Crippen LogP contribution in [-0.4, -0.2) is 5.11 Å². The highest BCUT2D eigenvalue weighted by Gasteiger charge is 2.00. The lowest BCUT2D eigenvalue weighted by Gasteiger charge is -2.06. The van der Waals surface area contributed by atoms with E-state index in [1.54, 1.807) is 24.3 Å². The standard InChI is InChI=1S/C14H13BrFNO/c15-13-7-11(3-6-14(13)16)9-17-8-10-1-4-12(18)5-2-10/h1-7,17-18H,8-9H2. The number of phenolic OH excluding ortho intramolecular Hbond substituents is 1. The summed E-state index contributed by atoms with van der Waals surface area (Å²) in [7, 11) is 0. The molecule has 2 N–H and O–H groups in total. The van der Waals surface area contributed by atoms with Gasteiger partial charge in [0.25, 0.3) is 0 Å². The zero-order valence-electron chi connectivity index (χ0n) is 9.66. The minimum absolute atomic E-state index is 0.253. The maximum absolute atomic E-state index is 13.0. The van der Waals surface area contributed by atoms with Crippen molar-refractivity contribution in [3.8, 4) is 5.75 Å². The second-order valence-corrected chi connectivity index (χ2v) is 4.87. The van der Waals surface area contributed by atoms with E-state index in [4.69, 9.17) is 5.11 Å². The molecule has 0 amide bonds. The Labute approximate surface area is 114 Å². The normalized spacial score (nSPS) is 10.6. The summed E-state index contributed by atoms with van der Waals surface area (Å²) in [5, 5.41) is 12.4. The minimum atomic E-state index is -0.253. The van der Waals surface area contributed by atoms with Crippen LogP contribution in [0.1, 0.15) is 11.1 Å². The Bertz CT molecular complexity index is 528. The van der Waals surface area contributed by atoms with Crippen LogP contribution >= 0.6 is 15.9 Å². The van der Waals surface area contributed by atoms with Crippen molar-refractivity contribution >= 4 is 15.9 Å². The van der Waals surface area contributed by atoms with E-state index in [0.717, 1.165) is 11.1 Å². The van der Waals surface area contributed by atoms with E-state index in [1.165, 1.54) is 6.07 Å².